The van der Waals surface area contributed by atoms with Crippen LogP contribution in [0, 0.1) is 0 Å². The molecule has 0 aliphatic heterocycles. The first-order valence-corrected chi connectivity index (χ1v) is 9.51. The Morgan fingerprint density at radius 2 is 1.76 bits per heavy atom. The molecule has 0 saturated heterocycles. The third-order valence-corrected chi connectivity index (χ3v) is 4.86. The monoisotopic (exact) mass is 406 g/mol. The van der Waals surface area contributed by atoms with E-state index in [2.05, 4.69) is 4.98 Å². The molecule has 29 heavy (non-hydrogen) atoms. The Bertz CT molecular complexity index is 1150. The number of benzene rings is 3. The smallest absolute Gasteiger partial charge is 0.182 e. The van der Waals surface area contributed by atoms with E-state index in [0.29, 0.717) is 27.9 Å². The molecule has 0 aliphatic rings. The number of fused-ring (bicyclic) bond motifs is 1. The lowest BCUT2D eigenvalue weighted by Gasteiger charge is -2.11. The normalized spacial score (nSPS) is 10.8. The number of rotatable bonds is 7. The third-order valence-electron chi connectivity index (χ3n) is 4.61. The van der Waals surface area contributed by atoms with E-state index in [0.717, 1.165) is 11.0 Å². The van der Waals surface area contributed by atoms with Gasteiger partial charge >= 0.3 is 0 Å². The Morgan fingerprint density at radius 3 is 2.55 bits per heavy atom. The maximum Gasteiger partial charge on any atom is 0.182 e. The number of carbonyl (C=O) groups excluding carboxylic acids is 1. The van der Waals surface area contributed by atoms with E-state index in [1.807, 2.05) is 53.1 Å². The number of aromatic nitrogens is 2. The summed E-state index contributed by atoms with van der Waals surface area (Å²) in [7, 11) is 1.61. The lowest BCUT2D eigenvalue weighted by atomic mass is 10.1. The number of methoxy groups -OCH3 is 1. The maximum absolute atomic E-state index is 12.8. The Labute approximate surface area is 173 Å². The summed E-state index contributed by atoms with van der Waals surface area (Å²) in [6.07, 6.45) is 0. The zero-order valence-corrected chi connectivity index (χ0v) is 16.6. The average molecular weight is 407 g/mol. The van der Waals surface area contributed by atoms with E-state index in [4.69, 9.17) is 21.1 Å². The van der Waals surface area contributed by atoms with Gasteiger partial charge < -0.3 is 14.0 Å². The minimum atomic E-state index is -0.0209. The summed E-state index contributed by atoms with van der Waals surface area (Å²) in [6, 6.07) is 22.0. The van der Waals surface area contributed by atoms with Gasteiger partial charge in [0.15, 0.2) is 5.78 Å². The van der Waals surface area contributed by atoms with Gasteiger partial charge in [0.05, 0.1) is 24.7 Å². The standard InChI is InChI=1S/C23H19ClN2O3/c1-28-18-5-4-6-19(13-18)29-15-23-25-20-7-2-3-8-21(20)26(23)14-22(27)16-9-11-17(24)12-10-16/h2-13H,14-15H2,1H3. The number of imidazole rings is 1. The zero-order valence-electron chi connectivity index (χ0n) is 15.8. The van der Waals surface area contributed by atoms with E-state index >= 15 is 0 Å². The number of nitrogens with zero attached hydrogens (tertiary/aromatic N) is 2. The summed E-state index contributed by atoms with van der Waals surface area (Å²) in [5.41, 5.74) is 2.31. The maximum atomic E-state index is 12.8. The van der Waals surface area contributed by atoms with Crippen LogP contribution in [0.2, 0.25) is 5.02 Å². The van der Waals surface area contributed by atoms with E-state index in [-0.39, 0.29) is 18.9 Å². The van der Waals surface area contributed by atoms with Gasteiger partial charge in [0, 0.05) is 16.7 Å². The SMILES string of the molecule is COc1cccc(OCc2nc3ccccc3n2CC(=O)c2ccc(Cl)cc2)c1. The molecule has 0 unspecified atom stereocenters. The van der Waals surface area contributed by atoms with Crippen molar-refractivity contribution < 1.29 is 14.3 Å². The first-order valence-electron chi connectivity index (χ1n) is 9.14. The Kier molecular flexibility index (Phi) is 5.49. The van der Waals surface area contributed by atoms with Gasteiger partial charge in [-0.2, -0.15) is 0 Å². The summed E-state index contributed by atoms with van der Waals surface area (Å²) >= 11 is 5.93. The Morgan fingerprint density at radius 1 is 1.00 bits per heavy atom. The molecule has 0 atom stereocenters. The highest BCUT2D eigenvalue weighted by Crippen LogP contribution is 2.22. The molecule has 4 aromatic rings. The average Bonchev–Trinajstić information content (AvgIpc) is 3.10. The number of carbonyl (C=O) groups is 1. The largest absolute Gasteiger partial charge is 0.497 e. The molecule has 1 aromatic heterocycles. The van der Waals surface area contributed by atoms with Crippen molar-refractivity contribution in [1.82, 2.24) is 9.55 Å². The quantitative estimate of drug-likeness (QED) is 0.398. The molecule has 4 rings (SSSR count). The number of hydrogen-bond donors (Lipinski definition) is 0. The molecule has 1 heterocycles. The number of Topliss-reactive ketones (excluding diaryl/α,β-unsaturated/α-hetero) is 1. The second-order valence-electron chi connectivity index (χ2n) is 6.50. The van der Waals surface area contributed by atoms with Crippen LogP contribution in [-0.2, 0) is 13.2 Å². The first-order chi connectivity index (χ1) is 14.1. The van der Waals surface area contributed by atoms with Crippen molar-refractivity contribution in [2.24, 2.45) is 0 Å². The highest BCUT2D eigenvalue weighted by molar-refractivity contribution is 6.30. The van der Waals surface area contributed by atoms with E-state index in [9.17, 15) is 4.79 Å². The highest BCUT2D eigenvalue weighted by Gasteiger charge is 2.15. The van der Waals surface area contributed by atoms with Gasteiger partial charge in [-0.25, -0.2) is 4.98 Å². The molecule has 0 bridgehead atoms. The molecule has 0 spiro atoms. The predicted molar refractivity (Wildman–Crippen MR) is 113 cm³/mol. The molecule has 0 fully saturated rings. The van der Waals surface area contributed by atoms with Crippen LogP contribution in [0.3, 0.4) is 0 Å². The second kappa shape index (κ2) is 8.37. The Hall–Kier alpha value is -3.31. The van der Waals surface area contributed by atoms with Crippen LogP contribution in [-0.4, -0.2) is 22.4 Å². The van der Waals surface area contributed by atoms with Crippen LogP contribution in [0.4, 0.5) is 0 Å². The van der Waals surface area contributed by atoms with Crippen molar-refractivity contribution in [3.05, 3.63) is 89.2 Å². The highest BCUT2D eigenvalue weighted by atomic mass is 35.5. The molecule has 0 aliphatic carbocycles. The summed E-state index contributed by atoms with van der Waals surface area (Å²) in [5.74, 6) is 2.05. The van der Waals surface area contributed by atoms with Crippen molar-refractivity contribution in [1.29, 1.82) is 0 Å². The fourth-order valence-corrected chi connectivity index (χ4v) is 3.25. The lowest BCUT2D eigenvalue weighted by Crippen LogP contribution is -2.14. The second-order valence-corrected chi connectivity index (χ2v) is 6.94. The number of ether oxygens (including phenoxy) is 2. The van der Waals surface area contributed by atoms with Crippen molar-refractivity contribution in [3.63, 3.8) is 0 Å². The van der Waals surface area contributed by atoms with Crippen molar-refractivity contribution >= 4 is 28.4 Å². The van der Waals surface area contributed by atoms with Crippen LogP contribution < -0.4 is 9.47 Å². The van der Waals surface area contributed by atoms with Gasteiger partial charge in [-0.3, -0.25) is 4.79 Å². The molecule has 0 N–H and O–H groups in total. The molecule has 6 heteroatoms. The lowest BCUT2D eigenvalue weighted by molar-refractivity contribution is 0.0971. The van der Waals surface area contributed by atoms with Crippen molar-refractivity contribution in [2.45, 2.75) is 13.2 Å². The number of hydrogen-bond acceptors (Lipinski definition) is 4. The van der Waals surface area contributed by atoms with Crippen LogP contribution in [0.1, 0.15) is 16.2 Å². The molecule has 0 amide bonds. The first kappa shape index (κ1) is 19.0. The molecule has 146 valence electrons. The number of halogens is 1. The third kappa shape index (κ3) is 4.25. The number of ketones is 1. The fourth-order valence-electron chi connectivity index (χ4n) is 3.12. The number of para-hydroxylation sites is 2. The molecular weight excluding hydrogens is 388 g/mol. The van der Waals surface area contributed by atoms with Crippen LogP contribution in [0.25, 0.3) is 11.0 Å². The summed E-state index contributed by atoms with van der Waals surface area (Å²) < 4.78 is 13.0. The fraction of sp³-hybridized carbons (Fsp3) is 0.130. The van der Waals surface area contributed by atoms with Gasteiger partial charge in [0.25, 0.3) is 0 Å². The topological polar surface area (TPSA) is 53.4 Å². The van der Waals surface area contributed by atoms with Crippen molar-refractivity contribution in [2.75, 3.05) is 7.11 Å². The molecule has 0 saturated carbocycles. The molecule has 0 radical (unpaired) electrons. The summed E-state index contributed by atoms with van der Waals surface area (Å²) in [4.78, 5) is 17.5. The van der Waals surface area contributed by atoms with Crippen LogP contribution >= 0.6 is 11.6 Å². The van der Waals surface area contributed by atoms with Gasteiger partial charge in [-0.15, -0.1) is 0 Å². The summed E-state index contributed by atoms with van der Waals surface area (Å²) in [6.45, 7) is 0.398. The Balaban J connectivity index is 1.61. The van der Waals surface area contributed by atoms with Gasteiger partial charge in [-0.1, -0.05) is 29.8 Å². The van der Waals surface area contributed by atoms with Crippen molar-refractivity contribution in [3.8, 4) is 11.5 Å². The van der Waals surface area contributed by atoms with E-state index in [1.165, 1.54) is 0 Å². The van der Waals surface area contributed by atoms with Crippen LogP contribution in [0.15, 0.2) is 72.8 Å². The van der Waals surface area contributed by atoms with Gasteiger partial charge in [-0.05, 0) is 48.5 Å². The van der Waals surface area contributed by atoms with Gasteiger partial charge in [0.1, 0.15) is 23.9 Å². The zero-order chi connectivity index (χ0) is 20.2. The summed E-state index contributed by atoms with van der Waals surface area (Å²) in [5, 5.41) is 0.599. The molecular formula is C23H19ClN2O3. The minimum absolute atomic E-state index is 0.0209. The minimum Gasteiger partial charge on any atom is -0.497 e. The van der Waals surface area contributed by atoms with Gasteiger partial charge in [0.2, 0.25) is 0 Å². The molecule has 5 nitrogen and oxygen atoms in total. The van der Waals surface area contributed by atoms with E-state index in [1.54, 1.807) is 31.4 Å². The molecule has 3 aromatic carbocycles. The van der Waals surface area contributed by atoms with E-state index < -0.39 is 0 Å². The predicted octanol–water partition coefficient (Wildman–Crippen LogP) is 5.16. The van der Waals surface area contributed by atoms with Crippen LogP contribution in [0.5, 0.6) is 11.5 Å².